The highest BCUT2D eigenvalue weighted by Gasteiger charge is 2.23. The average molecular weight is 554 g/mol. The van der Waals surface area contributed by atoms with Crippen LogP contribution in [0.2, 0.25) is 0 Å². The van der Waals surface area contributed by atoms with Gasteiger partial charge in [-0.15, -0.1) is 0 Å². The van der Waals surface area contributed by atoms with Crippen LogP contribution in [0.5, 0.6) is 11.5 Å². The van der Waals surface area contributed by atoms with Crippen molar-refractivity contribution in [2.24, 2.45) is 7.05 Å². The van der Waals surface area contributed by atoms with E-state index in [1.807, 2.05) is 0 Å². The summed E-state index contributed by atoms with van der Waals surface area (Å²) in [6, 6.07) is 12.7. The SMILES string of the molecule is Cc1c(C(=O)Nc2ccc(Oc3ccnn4ccc(Br)c34)c(F)c2)c(=O)n(-c2ccc(F)cc2)n1C. The Morgan fingerprint density at radius 2 is 1.81 bits per heavy atom. The molecule has 3 aromatic heterocycles. The van der Waals surface area contributed by atoms with Gasteiger partial charge in [-0.1, -0.05) is 0 Å². The Morgan fingerprint density at radius 3 is 2.53 bits per heavy atom. The summed E-state index contributed by atoms with van der Waals surface area (Å²) in [5.74, 6) is -1.52. The molecular weight excluding hydrogens is 536 g/mol. The van der Waals surface area contributed by atoms with Crippen LogP contribution >= 0.6 is 15.9 Å². The zero-order valence-corrected chi connectivity index (χ0v) is 20.6. The summed E-state index contributed by atoms with van der Waals surface area (Å²) >= 11 is 3.42. The Labute approximate surface area is 211 Å². The predicted octanol–water partition coefficient (Wildman–Crippen LogP) is 5.22. The lowest BCUT2D eigenvalue weighted by Crippen LogP contribution is -2.25. The van der Waals surface area contributed by atoms with Crippen LogP contribution < -0.4 is 15.6 Å². The molecule has 0 aliphatic rings. The standard InChI is InChI=1S/C25H18BrF2N5O3/c1-14-22(25(35)33(31(14)2)17-6-3-15(27)4-7-17)24(34)30-16-5-8-20(19(28)13-16)36-21-9-11-29-32-12-10-18(26)23(21)32/h3-13H,1-2H3,(H,30,34). The molecule has 36 heavy (non-hydrogen) atoms. The molecule has 0 unspecified atom stereocenters. The lowest BCUT2D eigenvalue weighted by molar-refractivity contribution is 0.102. The van der Waals surface area contributed by atoms with Crippen molar-refractivity contribution in [1.82, 2.24) is 19.0 Å². The zero-order chi connectivity index (χ0) is 25.6. The van der Waals surface area contributed by atoms with E-state index in [0.717, 1.165) is 10.5 Å². The third kappa shape index (κ3) is 4.07. The largest absolute Gasteiger partial charge is 0.452 e. The number of benzene rings is 2. The summed E-state index contributed by atoms with van der Waals surface area (Å²) in [5.41, 5.74) is 0.870. The van der Waals surface area contributed by atoms with E-state index in [0.29, 0.717) is 22.6 Å². The number of hydrogen-bond acceptors (Lipinski definition) is 4. The van der Waals surface area contributed by atoms with Crippen LogP contribution in [0.1, 0.15) is 16.1 Å². The van der Waals surface area contributed by atoms with Gasteiger partial charge in [0.15, 0.2) is 17.3 Å². The Kier molecular flexibility index (Phi) is 5.92. The molecule has 11 heteroatoms. The van der Waals surface area contributed by atoms with Crippen molar-refractivity contribution >= 4 is 33.0 Å². The maximum atomic E-state index is 14.9. The average Bonchev–Trinajstić information content (AvgIpc) is 3.33. The van der Waals surface area contributed by atoms with E-state index < -0.39 is 23.1 Å². The highest BCUT2D eigenvalue weighted by atomic mass is 79.9. The van der Waals surface area contributed by atoms with E-state index in [1.54, 1.807) is 36.8 Å². The quantitative estimate of drug-likeness (QED) is 0.323. The molecule has 0 saturated heterocycles. The van der Waals surface area contributed by atoms with Gasteiger partial charge in [0, 0.05) is 35.5 Å². The molecule has 0 atom stereocenters. The second-order valence-electron chi connectivity index (χ2n) is 7.93. The van der Waals surface area contributed by atoms with Crippen LogP contribution in [0.25, 0.3) is 11.2 Å². The molecule has 1 amide bonds. The first-order valence-corrected chi connectivity index (χ1v) is 11.5. The van der Waals surface area contributed by atoms with E-state index in [9.17, 15) is 18.4 Å². The van der Waals surface area contributed by atoms with Crippen molar-refractivity contribution in [1.29, 1.82) is 0 Å². The number of halogens is 3. The third-order valence-electron chi connectivity index (χ3n) is 5.73. The van der Waals surface area contributed by atoms with Crippen LogP contribution in [0.3, 0.4) is 0 Å². The number of carbonyl (C=O) groups is 1. The topological polar surface area (TPSA) is 82.6 Å². The molecule has 0 fully saturated rings. The summed E-state index contributed by atoms with van der Waals surface area (Å²) in [4.78, 5) is 26.0. The van der Waals surface area contributed by atoms with Gasteiger partial charge in [-0.05, 0) is 65.3 Å². The van der Waals surface area contributed by atoms with Gasteiger partial charge in [-0.25, -0.2) is 18.0 Å². The van der Waals surface area contributed by atoms with Crippen molar-refractivity contribution in [3.05, 3.63) is 105 Å². The van der Waals surface area contributed by atoms with Crippen LogP contribution in [-0.2, 0) is 7.05 Å². The Hall–Kier alpha value is -4.25. The van der Waals surface area contributed by atoms with Gasteiger partial charge >= 0.3 is 0 Å². The maximum Gasteiger partial charge on any atom is 0.284 e. The molecule has 2 aromatic carbocycles. The van der Waals surface area contributed by atoms with Crippen molar-refractivity contribution in [2.45, 2.75) is 6.92 Å². The van der Waals surface area contributed by atoms with Gasteiger partial charge in [0.25, 0.3) is 11.5 Å². The number of ether oxygens (including phenoxy) is 1. The van der Waals surface area contributed by atoms with Crippen molar-refractivity contribution in [3.8, 4) is 17.2 Å². The van der Waals surface area contributed by atoms with E-state index >= 15 is 0 Å². The first kappa shape index (κ1) is 23.5. The lowest BCUT2D eigenvalue weighted by atomic mass is 10.2. The maximum absolute atomic E-state index is 14.9. The van der Waals surface area contributed by atoms with Gasteiger partial charge in [-0.2, -0.15) is 5.10 Å². The van der Waals surface area contributed by atoms with Crippen LogP contribution in [-0.4, -0.2) is 24.9 Å². The number of nitrogens with zero attached hydrogens (tertiary/aromatic N) is 4. The summed E-state index contributed by atoms with van der Waals surface area (Å²) in [7, 11) is 1.61. The fourth-order valence-electron chi connectivity index (χ4n) is 3.88. The van der Waals surface area contributed by atoms with Crippen LogP contribution in [0.15, 0.2) is 76.3 Å². The van der Waals surface area contributed by atoms with E-state index in [2.05, 4.69) is 26.3 Å². The number of carbonyl (C=O) groups excluding carboxylic acids is 1. The molecule has 0 spiro atoms. The first-order valence-electron chi connectivity index (χ1n) is 10.7. The second kappa shape index (κ2) is 9.08. The number of anilines is 1. The molecule has 8 nitrogen and oxygen atoms in total. The van der Waals surface area contributed by atoms with Gasteiger partial charge in [0.05, 0.1) is 17.6 Å². The van der Waals surface area contributed by atoms with Crippen molar-refractivity contribution in [3.63, 3.8) is 0 Å². The molecule has 1 N–H and O–H groups in total. The molecule has 0 radical (unpaired) electrons. The van der Waals surface area contributed by atoms with E-state index in [-0.39, 0.29) is 17.0 Å². The Balaban J connectivity index is 1.41. The number of hydrogen-bond donors (Lipinski definition) is 1. The smallest absolute Gasteiger partial charge is 0.284 e. The van der Waals surface area contributed by atoms with Gasteiger partial charge in [0.2, 0.25) is 0 Å². The number of rotatable bonds is 5. The van der Waals surface area contributed by atoms with Gasteiger partial charge < -0.3 is 10.1 Å². The molecule has 0 saturated carbocycles. The molecule has 0 bridgehead atoms. The predicted molar refractivity (Wildman–Crippen MR) is 133 cm³/mol. The van der Waals surface area contributed by atoms with Crippen molar-refractivity contribution < 1.29 is 18.3 Å². The minimum absolute atomic E-state index is 0.0521. The molecule has 3 heterocycles. The minimum atomic E-state index is -0.709. The van der Waals surface area contributed by atoms with Crippen molar-refractivity contribution in [2.75, 3.05) is 5.32 Å². The summed E-state index contributed by atoms with van der Waals surface area (Å²) < 4.78 is 39.0. The molecule has 182 valence electrons. The monoisotopic (exact) mass is 553 g/mol. The summed E-state index contributed by atoms with van der Waals surface area (Å²) in [6.45, 7) is 1.61. The third-order valence-corrected chi connectivity index (χ3v) is 6.37. The molecular formula is C25H18BrF2N5O3. The molecule has 0 aliphatic heterocycles. The molecule has 0 aliphatic carbocycles. The number of nitrogens with one attached hydrogen (secondary N) is 1. The minimum Gasteiger partial charge on any atom is -0.452 e. The fraction of sp³-hybridized carbons (Fsp3) is 0.0800. The van der Waals surface area contributed by atoms with Crippen LogP contribution in [0.4, 0.5) is 14.5 Å². The molecule has 5 rings (SSSR count). The highest BCUT2D eigenvalue weighted by molar-refractivity contribution is 9.10. The number of aromatic nitrogens is 4. The zero-order valence-electron chi connectivity index (χ0n) is 19.0. The first-order chi connectivity index (χ1) is 17.2. The van der Waals surface area contributed by atoms with Gasteiger partial charge in [0.1, 0.15) is 16.9 Å². The normalized spacial score (nSPS) is 11.1. The Morgan fingerprint density at radius 1 is 1.06 bits per heavy atom. The highest BCUT2D eigenvalue weighted by Crippen LogP contribution is 2.33. The summed E-state index contributed by atoms with van der Waals surface area (Å²) in [6.07, 6.45) is 3.26. The number of fused-ring (bicyclic) bond motifs is 1. The van der Waals surface area contributed by atoms with Gasteiger partial charge in [-0.3, -0.25) is 14.3 Å². The number of amides is 1. The second-order valence-corrected chi connectivity index (χ2v) is 8.79. The Bertz CT molecular complexity index is 1690. The molecule has 5 aromatic rings. The van der Waals surface area contributed by atoms with E-state index in [1.165, 1.54) is 52.0 Å². The van der Waals surface area contributed by atoms with Crippen LogP contribution in [0, 0.1) is 18.6 Å². The summed E-state index contributed by atoms with van der Waals surface area (Å²) in [5, 5.41) is 6.73. The fourth-order valence-corrected chi connectivity index (χ4v) is 4.37. The lowest BCUT2D eigenvalue weighted by Gasteiger charge is -2.10. The van der Waals surface area contributed by atoms with E-state index in [4.69, 9.17) is 4.74 Å².